The Morgan fingerprint density at radius 1 is 1.33 bits per heavy atom. The van der Waals surface area contributed by atoms with Crippen LogP contribution in [0.1, 0.15) is 6.92 Å². The second-order valence-corrected chi connectivity index (χ2v) is 2.41. The lowest BCUT2D eigenvalue weighted by atomic mass is 10.4. The first-order valence-corrected chi connectivity index (χ1v) is 2.70. The van der Waals surface area contributed by atoms with Gasteiger partial charge in [0.05, 0.1) is 0 Å². The molecule has 0 N–H and O–H groups in total. The van der Waals surface area contributed by atoms with Crippen molar-refractivity contribution < 1.29 is 13.2 Å². The van der Waals surface area contributed by atoms with Gasteiger partial charge in [-0.2, -0.15) is 8.78 Å². The van der Waals surface area contributed by atoms with Gasteiger partial charge in [-0.05, 0) is 0 Å². The molecule has 0 saturated carbocycles. The van der Waals surface area contributed by atoms with E-state index in [0.29, 0.717) is 6.92 Å². The van der Waals surface area contributed by atoms with Crippen LogP contribution < -0.4 is 0 Å². The molecule has 0 radical (unpaired) electrons. The van der Waals surface area contributed by atoms with E-state index in [9.17, 15) is 13.2 Å². The van der Waals surface area contributed by atoms with Crippen molar-refractivity contribution in [3.63, 3.8) is 0 Å². The van der Waals surface area contributed by atoms with Gasteiger partial charge in [-0.25, -0.2) is 4.39 Å². The fourth-order valence-electron chi connectivity index (χ4n) is 0.166. The van der Waals surface area contributed by atoms with Gasteiger partial charge >= 0.3 is 0 Å². The minimum absolute atomic E-state index is 0.368. The van der Waals surface area contributed by atoms with Crippen molar-refractivity contribution in [3.8, 4) is 0 Å². The van der Waals surface area contributed by atoms with Gasteiger partial charge in [-0.15, -0.1) is 0 Å². The highest BCUT2D eigenvalue weighted by Crippen LogP contribution is 2.30. The molecule has 0 bridgehead atoms. The lowest BCUT2D eigenvalue weighted by Crippen LogP contribution is -2.10. The molecule has 0 aliphatic heterocycles. The van der Waals surface area contributed by atoms with Crippen LogP contribution in [0.5, 0.6) is 0 Å². The Bertz CT molecular complexity index is 131. The Labute approximate surface area is 60.2 Å². The van der Waals surface area contributed by atoms with Crippen LogP contribution in [-0.2, 0) is 0 Å². The van der Waals surface area contributed by atoms with Crippen LogP contribution in [0, 0.1) is 0 Å². The van der Waals surface area contributed by atoms with E-state index in [1.165, 1.54) is 0 Å². The van der Waals surface area contributed by atoms with Gasteiger partial charge < -0.3 is 0 Å². The predicted molar refractivity (Wildman–Crippen MR) is 30.5 cm³/mol. The Morgan fingerprint density at radius 2 is 1.67 bits per heavy atom. The minimum atomic E-state index is -3.57. The van der Waals surface area contributed by atoms with Gasteiger partial charge in [0, 0.05) is 6.92 Å². The number of hydrogen-bond donors (Lipinski definition) is 0. The first-order chi connectivity index (χ1) is 3.85. The van der Waals surface area contributed by atoms with E-state index < -0.39 is 16.2 Å². The number of alkyl halides is 2. The second-order valence-electron chi connectivity index (χ2n) is 1.46. The van der Waals surface area contributed by atoms with E-state index in [4.69, 9.17) is 23.2 Å². The monoisotopic (exact) mass is 178 g/mol. The smallest absolute Gasteiger partial charge is 0.202 e. The Morgan fingerprint density at radius 3 is 1.67 bits per heavy atom. The third kappa shape index (κ3) is 2.96. The van der Waals surface area contributed by atoms with Gasteiger partial charge in [0.25, 0.3) is 5.92 Å². The molecule has 0 spiro atoms. The van der Waals surface area contributed by atoms with E-state index in [0.717, 1.165) is 0 Å². The van der Waals surface area contributed by atoms with Gasteiger partial charge in [0.15, 0.2) is 5.83 Å². The van der Waals surface area contributed by atoms with Gasteiger partial charge in [0.1, 0.15) is 4.49 Å². The summed E-state index contributed by atoms with van der Waals surface area (Å²) in [5.74, 6) is -5.37. The van der Waals surface area contributed by atoms with Gasteiger partial charge in [-0.1, -0.05) is 23.2 Å². The average Bonchev–Trinajstić information content (AvgIpc) is 1.62. The SMILES string of the molecule is CC(F)(F)C(F)=C(Cl)Cl. The highest BCUT2D eigenvalue weighted by atomic mass is 35.5. The summed E-state index contributed by atoms with van der Waals surface area (Å²) < 4.78 is 34.4. The normalized spacial score (nSPS) is 11.3. The first-order valence-electron chi connectivity index (χ1n) is 1.94. The summed E-state index contributed by atoms with van der Waals surface area (Å²) in [5, 5.41) is 0. The molecular formula is C4H3Cl2F3. The molecule has 0 aromatic heterocycles. The van der Waals surface area contributed by atoms with Crippen molar-refractivity contribution in [1.29, 1.82) is 0 Å². The van der Waals surface area contributed by atoms with Crippen LogP contribution in [0.3, 0.4) is 0 Å². The third-order valence-corrected chi connectivity index (χ3v) is 0.883. The molecule has 9 heavy (non-hydrogen) atoms. The maximum Gasteiger partial charge on any atom is 0.298 e. The summed E-state index contributed by atoms with van der Waals surface area (Å²) in [4.78, 5) is 0. The molecule has 0 fully saturated rings. The highest BCUT2D eigenvalue weighted by molar-refractivity contribution is 6.56. The van der Waals surface area contributed by atoms with Crippen molar-refractivity contribution in [2.75, 3.05) is 0 Å². The zero-order valence-electron chi connectivity index (χ0n) is 4.39. The lowest BCUT2D eigenvalue weighted by Gasteiger charge is -2.05. The summed E-state index contributed by atoms with van der Waals surface area (Å²) in [6, 6.07) is 0. The van der Waals surface area contributed by atoms with Crippen molar-refractivity contribution in [1.82, 2.24) is 0 Å². The fourth-order valence-corrected chi connectivity index (χ4v) is 0.498. The van der Waals surface area contributed by atoms with Crippen molar-refractivity contribution in [3.05, 3.63) is 10.3 Å². The molecule has 0 atom stereocenters. The molecule has 0 amide bonds. The highest BCUT2D eigenvalue weighted by Gasteiger charge is 2.30. The van der Waals surface area contributed by atoms with E-state index >= 15 is 0 Å². The quantitative estimate of drug-likeness (QED) is 0.579. The average molecular weight is 179 g/mol. The Balaban J connectivity index is 4.40. The zero-order chi connectivity index (χ0) is 7.65. The first kappa shape index (κ1) is 9.11. The Hall–Kier alpha value is 0.110. The summed E-state index contributed by atoms with van der Waals surface area (Å²) in [7, 11) is 0. The van der Waals surface area contributed by atoms with Crippen LogP contribution in [0.2, 0.25) is 0 Å². The fraction of sp³-hybridized carbons (Fsp3) is 0.500. The van der Waals surface area contributed by atoms with Gasteiger partial charge in [0.2, 0.25) is 0 Å². The van der Waals surface area contributed by atoms with Crippen molar-refractivity contribution in [2.45, 2.75) is 12.8 Å². The summed E-state index contributed by atoms with van der Waals surface area (Å²) >= 11 is 9.41. The molecule has 0 aliphatic rings. The van der Waals surface area contributed by atoms with E-state index in [-0.39, 0.29) is 0 Å². The number of allylic oxidation sites excluding steroid dienone is 1. The van der Waals surface area contributed by atoms with E-state index in [1.807, 2.05) is 0 Å². The summed E-state index contributed by atoms with van der Waals surface area (Å²) in [6.07, 6.45) is 0. The molecule has 0 aromatic carbocycles. The van der Waals surface area contributed by atoms with Crippen LogP contribution in [0.4, 0.5) is 13.2 Å². The predicted octanol–water partition coefficient (Wildman–Crippen LogP) is 3.26. The number of halogens is 5. The summed E-state index contributed by atoms with van der Waals surface area (Å²) in [6.45, 7) is 0.368. The van der Waals surface area contributed by atoms with Crippen molar-refractivity contribution >= 4 is 23.2 Å². The maximum atomic E-state index is 11.9. The molecule has 0 nitrogen and oxygen atoms in total. The van der Waals surface area contributed by atoms with Gasteiger partial charge in [-0.3, -0.25) is 0 Å². The second kappa shape index (κ2) is 2.80. The number of hydrogen-bond acceptors (Lipinski definition) is 0. The van der Waals surface area contributed by atoms with Crippen molar-refractivity contribution in [2.24, 2.45) is 0 Å². The van der Waals surface area contributed by atoms with E-state index in [1.54, 1.807) is 0 Å². The summed E-state index contributed by atoms with van der Waals surface area (Å²) in [5.41, 5.74) is 0. The maximum absolute atomic E-state index is 11.9. The molecule has 0 unspecified atom stereocenters. The largest absolute Gasteiger partial charge is 0.298 e. The molecular weight excluding hydrogens is 176 g/mol. The molecule has 5 heteroatoms. The molecule has 0 saturated heterocycles. The minimum Gasteiger partial charge on any atom is -0.202 e. The lowest BCUT2D eigenvalue weighted by molar-refractivity contribution is 0.0387. The van der Waals surface area contributed by atoms with Crippen LogP contribution >= 0.6 is 23.2 Å². The zero-order valence-corrected chi connectivity index (χ0v) is 5.90. The standard InChI is InChI=1S/C4H3Cl2F3/c1-4(8,9)2(7)3(5)6/h1H3. The molecule has 0 heterocycles. The number of rotatable bonds is 1. The topological polar surface area (TPSA) is 0 Å². The van der Waals surface area contributed by atoms with E-state index in [2.05, 4.69) is 0 Å². The molecule has 54 valence electrons. The van der Waals surface area contributed by atoms with Crippen LogP contribution in [0.15, 0.2) is 10.3 Å². The Kier molecular flexibility index (Phi) is 2.83. The molecule has 0 aliphatic carbocycles. The van der Waals surface area contributed by atoms with Crippen LogP contribution in [-0.4, -0.2) is 5.92 Å². The molecule has 0 rings (SSSR count). The van der Waals surface area contributed by atoms with Crippen LogP contribution in [0.25, 0.3) is 0 Å². The third-order valence-electron chi connectivity index (χ3n) is 0.551. The molecule has 0 aromatic rings.